The fourth-order valence-corrected chi connectivity index (χ4v) is 2.43. The molecule has 0 bridgehead atoms. The van der Waals surface area contributed by atoms with Gasteiger partial charge >= 0.3 is 6.18 Å². The lowest BCUT2D eigenvalue weighted by Crippen LogP contribution is -2.49. The molecular weight excluding hydrogens is 325 g/mol. The summed E-state index contributed by atoms with van der Waals surface area (Å²) in [6.45, 7) is 3.34. The first-order valence-corrected chi connectivity index (χ1v) is 7.69. The Morgan fingerprint density at radius 2 is 1.67 bits per heavy atom. The van der Waals surface area contributed by atoms with Crippen LogP contribution in [0, 0.1) is 0 Å². The number of ketones is 1. The van der Waals surface area contributed by atoms with Gasteiger partial charge in [-0.15, -0.1) is 0 Å². The Morgan fingerprint density at radius 1 is 1.08 bits per heavy atom. The second-order valence-electron chi connectivity index (χ2n) is 5.69. The van der Waals surface area contributed by atoms with Gasteiger partial charge < -0.3 is 14.6 Å². The number of halogens is 3. The Labute approximate surface area is 137 Å². The van der Waals surface area contributed by atoms with E-state index < -0.39 is 11.7 Å². The number of aromatic nitrogens is 2. The summed E-state index contributed by atoms with van der Waals surface area (Å²) in [7, 11) is 0. The Balaban J connectivity index is 1.84. The largest absolute Gasteiger partial charge is 0.419 e. The third-order valence-corrected chi connectivity index (χ3v) is 3.80. The standard InChI is InChI=1S/C15H19F3N4O2/c1-11(23)3-2-4-13(24)21-5-7-22(8-6-21)14-19-9-12(10-20-14)15(16,17)18/h9-10H,2-8H2,1H3. The number of hydrogen-bond donors (Lipinski definition) is 0. The maximum atomic E-state index is 12.5. The second kappa shape index (κ2) is 7.59. The van der Waals surface area contributed by atoms with Crippen molar-refractivity contribution in [3.63, 3.8) is 0 Å². The van der Waals surface area contributed by atoms with E-state index >= 15 is 0 Å². The van der Waals surface area contributed by atoms with Crippen molar-refractivity contribution in [1.29, 1.82) is 0 Å². The van der Waals surface area contributed by atoms with Crippen molar-refractivity contribution >= 4 is 17.6 Å². The van der Waals surface area contributed by atoms with Gasteiger partial charge in [-0.25, -0.2) is 9.97 Å². The molecule has 0 atom stereocenters. The average Bonchev–Trinajstić information content (AvgIpc) is 2.54. The van der Waals surface area contributed by atoms with Crippen LogP contribution in [0.1, 0.15) is 31.7 Å². The average molecular weight is 344 g/mol. The van der Waals surface area contributed by atoms with E-state index in [0.29, 0.717) is 45.4 Å². The van der Waals surface area contributed by atoms with Crippen molar-refractivity contribution in [1.82, 2.24) is 14.9 Å². The molecule has 1 aliphatic rings. The summed E-state index contributed by atoms with van der Waals surface area (Å²) in [5.41, 5.74) is -0.884. The first kappa shape index (κ1) is 18.2. The highest BCUT2D eigenvalue weighted by Crippen LogP contribution is 2.28. The van der Waals surface area contributed by atoms with E-state index in [1.165, 1.54) is 6.92 Å². The number of Topliss-reactive ketones (excluding diaryl/α,β-unsaturated/α-hetero) is 1. The minimum absolute atomic E-state index is 0.00997. The number of alkyl halides is 3. The van der Waals surface area contributed by atoms with Gasteiger partial charge in [0.25, 0.3) is 0 Å². The molecule has 1 amide bonds. The number of rotatable bonds is 5. The monoisotopic (exact) mass is 344 g/mol. The Hall–Kier alpha value is -2.19. The second-order valence-corrected chi connectivity index (χ2v) is 5.69. The van der Waals surface area contributed by atoms with Gasteiger partial charge in [-0.1, -0.05) is 0 Å². The number of carbonyl (C=O) groups excluding carboxylic acids is 2. The van der Waals surface area contributed by atoms with Gasteiger partial charge in [0.1, 0.15) is 5.78 Å². The zero-order chi connectivity index (χ0) is 17.7. The molecule has 2 rings (SSSR count). The predicted octanol–water partition coefficient (Wildman–Crippen LogP) is 1.90. The molecular formula is C15H19F3N4O2. The zero-order valence-electron chi connectivity index (χ0n) is 13.3. The van der Waals surface area contributed by atoms with E-state index in [1.807, 2.05) is 0 Å². The fraction of sp³-hybridized carbons (Fsp3) is 0.600. The molecule has 0 unspecified atom stereocenters. The number of nitrogens with zero attached hydrogens (tertiary/aromatic N) is 4. The van der Waals surface area contributed by atoms with Gasteiger partial charge in [-0.2, -0.15) is 13.2 Å². The van der Waals surface area contributed by atoms with E-state index in [4.69, 9.17) is 0 Å². The molecule has 0 aliphatic carbocycles. The minimum atomic E-state index is -4.45. The lowest BCUT2D eigenvalue weighted by molar-refractivity contribution is -0.138. The molecule has 6 nitrogen and oxygen atoms in total. The molecule has 132 valence electrons. The van der Waals surface area contributed by atoms with E-state index in [9.17, 15) is 22.8 Å². The van der Waals surface area contributed by atoms with Crippen molar-refractivity contribution in [2.45, 2.75) is 32.4 Å². The topological polar surface area (TPSA) is 66.4 Å². The van der Waals surface area contributed by atoms with Crippen LogP contribution in [-0.2, 0) is 15.8 Å². The first-order valence-electron chi connectivity index (χ1n) is 7.69. The number of carbonyl (C=O) groups is 2. The lowest BCUT2D eigenvalue weighted by atomic mass is 10.1. The van der Waals surface area contributed by atoms with E-state index in [0.717, 1.165) is 12.4 Å². The fourth-order valence-electron chi connectivity index (χ4n) is 2.43. The van der Waals surface area contributed by atoms with E-state index in [-0.39, 0.29) is 17.6 Å². The van der Waals surface area contributed by atoms with Crippen LogP contribution in [0.4, 0.5) is 19.1 Å². The molecule has 1 fully saturated rings. The summed E-state index contributed by atoms with van der Waals surface area (Å²) < 4.78 is 37.5. The smallest absolute Gasteiger partial charge is 0.339 e. The number of piperazine rings is 1. The quantitative estimate of drug-likeness (QED) is 0.816. The van der Waals surface area contributed by atoms with E-state index in [2.05, 4.69) is 9.97 Å². The van der Waals surface area contributed by atoms with Crippen LogP contribution in [0.15, 0.2) is 12.4 Å². The van der Waals surface area contributed by atoms with Crippen LogP contribution in [-0.4, -0.2) is 52.7 Å². The summed E-state index contributed by atoms with van der Waals surface area (Å²) in [6, 6.07) is 0. The molecule has 0 aromatic carbocycles. The molecule has 0 spiro atoms. The van der Waals surface area contributed by atoms with Crippen LogP contribution >= 0.6 is 0 Å². The summed E-state index contributed by atoms with van der Waals surface area (Å²) in [6.07, 6.45) is -1.66. The lowest BCUT2D eigenvalue weighted by Gasteiger charge is -2.34. The van der Waals surface area contributed by atoms with Crippen LogP contribution in [0.25, 0.3) is 0 Å². The third kappa shape index (κ3) is 4.90. The third-order valence-electron chi connectivity index (χ3n) is 3.80. The number of anilines is 1. The van der Waals surface area contributed by atoms with Crippen molar-refractivity contribution in [3.8, 4) is 0 Å². The molecule has 0 saturated carbocycles. The molecule has 1 aromatic heterocycles. The molecule has 2 heterocycles. The summed E-state index contributed by atoms with van der Waals surface area (Å²) >= 11 is 0. The SMILES string of the molecule is CC(=O)CCCC(=O)N1CCN(c2ncc(C(F)(F)F)cn2)CC1. The summed E-state index contributed by atoms with van der Waals surface area (Å²) in [5, 5.41) is 0. The first-order chi connectivity index (χ1) is 11.3. The van der Waals surface area contributed by atoms with Crippen LogP contribution in [0.5, 0.6) is 0 Å². The van der Waals surface area contributed by atoms with Crippen LogP contribution in [0.2, 0.25) is 0 Å². The van der Waals surface area contributed by atoms with Gasteiger partial charge in [0.05, 0.1) is 5.56 Å². The predicted molar refractivity (Wildman–Crippen MR) is 80.4 cm³/mol. The van der Waals surface area contributed by atoms with Crippen molar-refractivity contribution in [3.05, 3.63) is 18.0 Å². The molecule has 9 heteroatoms. The number of amides is 1. The maximum Gasteiger partial charge on any atom is 0.419 e. The highest BCUT2D eigenvalue weighted by molar-refractivity contribution is 5.78. The molecule has 1 aromatic rings. The van der Waals surface area contributed by atoms with Gasteiger partial charge in [0.2, 0.25) is 11.9 Å². The Bertz CT molecular complexity index is 581. The maximum absolute atomic E-state index is 12.5. The van der Waals surface area contributed by atoms with Crippen LogP contribution in [0.3, 0.4) is 0 Å². The molecule has 1 saturated heterocycles. The van der Waals surface area contributed by atoms with Gasteiger partial charge in [0, 0.05) is 51.4 Å². The minimum Gasteiger partial charge on any atom is -0.339 e. The Morgan fingerprint density at radius 3 is 2.17 bits per heavy atom. The summed E-state index contributed by atoms with van der Waals surface area (Å²) in [5.74, 6) is 0.281. The zero-order valence-corrected chi connectivity index (χ0v) is 13.3. The molecule has 1 aliphatic heterocycles. The number of hydrogen-bond acceptors (Lipinski definition) is 5. The van der Waals surface area contributed by atoms with Crippen molar-refractivity contribution < 1.29 is 22.8 Å². The van der Waals surface area contributed by atoms with Crippen molar-refractivity contribution in [2.24, 2.45) is 0 Å². The highest BCUT2D eigenvalue weighted by Gasteiger charge is 2.32. The van der Waals surface area contributed by atoms with Crippen LogP contribution < -0.4 is 4.90 Å². The van der Waals surface area contributed by atoms with Gasteiger partial charge in [-0.05, 0) is 13.3 Å². The summed E-state index contributed by atoms with van der Waals surface area (Å²) in [4.78, 5) is 33.9. The van der Waals surface area contributed by atoms with Gasteiger partial charge in [-0.3, -0.25) is 4.79 Å². The molecule has 24 heavy (non-hydrogen) atoms. The molecule has 0 N–H and O–H groups in total. The highest BCUT2D eigenvalue weighted by atomic mass is 19.4. The van der Waals surface area contributed by atoms with Crippen molar-refractivity contribution in [2.75, 3.05) is 31.1 Å². The van der Waals surface area contributed by atoms with Gasteiger partial charge in [0.15, 0.2) is 0 Å². The molecule has 0 radical (unpaired) electrons. The van der Waals surface area contributed by atoms with E-state index in [1.54, 1.807) is 9.80 Å². The Kier molecular flexibility index (Phi) is 5.74. The normalized spacial score (nSPS) is 15.5.